The number of carbonyl (C=O) groups excluding carboxylic acids is 2. The van der Waals surface area contributed by atoms with Crippen molar-refractivity contribution in [3.8, 4) is 0 Å². The van der Waals surface area contributed by atoms with E-state index in [4.69, 9.17) is 5.73 Å². The van der Waals surface area contributed by atoms with Crippen LogP contribution in [0.1, 0.15) is 62.1 Å². The quantitative estimate of drug-likeness (QED) is 0.503. The molecule has 2 aromatic carbocycles. The number of nitrogens with one attached hydrogen (secondary N) is 2. The summed E-state index contributed by atoms with van der Waals surface area (Å²) >= 11 is 0. The summed E-state index contributed by atoms with van der Waals surface area (Å²) in [6.07, 6.45) is 6.38. The number of aromatic nitrogens is 1. The zero-order valence-electron chi connectivity index (χ0n) is 20.9. The van der Waals surface area contributed by atoms with Crippen molar-refractivity contribution in [3.63, 3.8) is 0 Å². The summed E-state index contributed by atoms with van der Waals surface area (Å²) in [4.78, 5) is 32.3. The third-order valence-electron chi connectivity index (χ3n) is 7.90. The number of rotatable bonds is 6. The summed E-state index contributed by atoms with van der Waals surface area (Å²) in [6, 6.07) is 16.4. The Balaban J connectivity index is 1.40. The molecule has 3 atom stereocenters. The van der Waals surface area contributed by atoms with E-state index in [1.165, 1.54) is 11.1 Å². The molecule has 1 aromatic heterocycles. The lowest BCUT2D eigenvalue weighted by molar-refractivity contribution is -0.141. The molecular weight excluding hydrogens is 436 g/mol. The van der Waals surface area contributed by atoms with Crippen LogP contribution in [0.4, 0.5) is 0 Å². The Labute approximate surface area is 207 Å². The summed E-state index contributed by atoms with van der Waals surface area (Å²) in [5.74, 6) is 0.184. The van der Waals surface area contributed by atoms with Crippen LogP contribution >= 0.6 is 0 Å². The molecule has 184 valence electrons. The maximum atomic E-state index is 14.1. The third-order valence-corrected chi connectivity index (χ3v) is 7.90. The summed E-state index contributed by atoms with van der Waals surface area (Å²) in [5.41, 5.74) is 9.81. The summed E-state index contributed by atoms with van der Waals surface area (Å²) in [6.45, 7) is 5.52. The first-order valence-corrected chi connectivity index (χ1v) is 12.7. The molecule has 5 rings (SSSR count). The molecule has 35 heavy (non-hydrogen) atoms. The highest BCUT2D eigenvalue weighted by molar-refractivity contribution is 5.93. The van der Waals surface area contributed by atoms with Gasteiger partial charge >= 0.3 is 0 Å². The van der Waals surface area contributed by atoms with E-state index in [0.29, 0.717) is 12.3 Å². The zero-order chi connectivity index (χ0) is 24.7. The minimum Gasteiger partial charge on any atom is -0.361 e. The number of aryl methyl sites for hydroxylation is 1. The average molecular weight is 473 g/mol. The molecule has 6 heteroatoms. The van der Waals surface area contributed by atoms with Gasteiger partial charge in [0.1, 0.15) is 6.04 Å². The maximum Gasteiger partial charge on any atom is 0.245 e. The van der Waals surface area contributed by atoms with Crippen molar-refractivity contribution in [2.75, 3.05) is 0 Å². The van der Waals surface area contributed by atoms with Crippen molar-refractivity contribution in [3.05, 3.63) is 71.4 Å². The average Bonchev–Trinajstić information content (AvgIpc) is 3.35. The highest BCUT2D eigenvalue weighted by atomic mass is 16.2. The summed E-state index contributed by atoms with van der Waals surface area (Å²) in [7, 11) is 0. The standard InChI is InChI=1S/C29H36N4O2/c1-18-8-4-5-9-23(18)19-14-21-12-13-22(15-19)33(21)27(34)26(32-28(35)29(2,3)30)16-20-17-31-25-11-7-6-10-24(20)25/h4-11,17,19,21-22,26,31H,12-16,30H2,1-3H3,(H,32,35)/t19?,21?,22?,26-/m1/s1. The van der Waals surface area contributed by atoms with Crippen LogP contribution in [0, 0.1) is 6.92 Å². The van der Waals surface area contributed by atoms with Crippen molar-refractivity contribution >= 4 is 22.7 Å². The summed E-state index contributed by atoms with van der Waals surface area (Å²) < 4.78 is 0. The number of nitrogens with zero attached hydrogens (tertiary/aromatic N) is 1. The number of amides is 2. The number of hydrogen-bond acceptors (Lipinski definition) is 3. The first-order chi connectivity index (χ1) is 16.7. The van der Waals surface area contributed by atoms with Crippen molar-refractivity contribution in [1.29, 1.82) is 0 Å². The number of nitrogens with two attached hydrogens (primary N) is 1. The third kappa shape index (κ3) is 4.59. The Morgan fingerprint density at radius 1 is 1.09 bits per heavy atom. The van der Waals surface area contributed by atoms with Gasteiger partial charge in [-0.15, -0.1) is 0 Å². The van der Waals surface area contributed by atoms with Gasteiger partial charge in [0.05, 0.1) is 5.54 Å². The monoisotopic (exact) mass is 472 g/mol. The predicted octanol–water partition coefficient (Wildman–Crippen LogP) is 4.18. The Bertz CT molecular complexity index is 1230. The van der Waals surface area contributed by atoms with Crippen molar-refractivity contribution in [2.24, 2.45) is 5.73 Å². The van der Waals surface area contributed by atoms with Crippen LogP contribution < -0.4 is 11.1 Å². The van der Waals surface area contributed by atoms with Gasteiger partial charge < -0.3 is 20.9 Å². The SMILES string of the molecule is Cc1ccccc1C1CC2CCC(C1)N2C(=O)[C@@H](Cc1c[nH]c2ccccc12)NC(=O)C(C)(C)N. The van der Waals surface area contributed by atoms with E-state index in [9.17, 15) is 9.59 Å². The van der Waals surface area contributed by atoms with Crippen LogP contribution in [-0.2, 0) is 16.0 Å². The van der Waals surface area contributed by atoms with Gasteiger partial charge in [-0.05, 0) is 75.1 Å². The lowest BCUT2D eigenvalue weighted by atomic mass is 9.82. The summed E-state index contributed by atoms with van der Waals surface area (Å²) in [5, 5.41) is 4.09. The lowest BCUT2D eigenvalue weighted by Crippen LogP contribution is -2.59. The predicted molar refractivity (Wildman–Crippen MR) is 139 cm³/mol. The molecule has 6 nitrogen and oxygen atoms in total. The molecule has 4 N–H and O–H groups in total. The molecule has 2 saturated heterocycles. The molecule has 0 spiro atoms. The molecular formula is C29H36N4O2. The fraction of sp³-hybridized carbons (Fsp3) is 0.448. The van der Waals surface area contributed by atoms with Crippen LogP contribution in [-0.4, -0.2) is 45.4 Å². The van der Waals surface area contributed by atoms with Gasteiger partial charge in [-0.3, -0.25) is 9.59 Å². The van der Waals surface area contributed by atoms with Gasteiger partial charge in [-0.25, -0.2) is 0 Å². The van der Waals surface area contributed by atoms with Gasteiger partial charge in [0.25, 0.3) is 0 Å². The van der Waals surface area contributed by atoms with Crippen molar-refractivity contribution in [2.45, 2.75) is 82.5 Å². The fourth-order valence-electron chi connectivity index (χ4n) is 6.08. The highest BCUT2D eigenvalue weighted by Gasteiger charge is 2.46. The van der Waals surface area contributed by atoms with Crippen LogP contribution in [0.15, 0.2) is 54.7 Å². The van der Waals surface area contributed by atoms with E-state index in [1.54, 1.807) is 13.8 Å². The Morgan fingerprint density at radius 2 is 1.74 bits per heavy atom. The second-order valence-electron chi connectivity index (χ2n) is 11.0. The topological polar surface area (TPSA) is 91.2 Å². The number of benzene rings is 2. The van der Waals surface area contributed by atoms with E-state index >= 15 is 0 Å². The van der Waals surface area contributed by atoms with Crippen LogP contribution in [0.3, 0.4) is 0 Å². The fourth-order valence-corrected chi connectivity index (χ4v) is 6.08. The number of piperidine rings is 1. The van der Waals surface area contributed by atoms with Gasteiger partial charge in [-0.2, -0.15) is 0 Å². The molecule has 2 bridgehead atoms. The molecule has 2 aliphatic rings. The molecule has 2 aliphatic heterocycles. The molecule has 2 amide bonds. The van der Waals surface area contributed by atoms with E-state index in [1.807, 2.05) is 24.4 Å². The minimum atomic E-state index is -1.06. The number of para-hydroxylation sites is 1. The molecule has 3 heterocycles. The second kappa shape index (κ2) is 9.15. The van der Waals surface area contributed by atoms with Crippen molar-refractivity contribution in [1.82, 2.24) is 15.2 Å². The molecule has 0 radical (unpaired) electrons. The number of fused-ring (bicyclic) bond motifs is 3. The normalized spacial score (nSPS) is 22.9. The number of carbonyl (C=O) groups is 2. The largest absolute Gasteiger partial charge is 0.361 e. The number of aromatic amines is 1. The van der Waals surface area contributed by atoms with Gasteiger partial charge in [0, 0.05) is 35.6 Å². The van der Waals surface area contributed by atoms with Gasteiger partial charge in [-0.1, -0.05) is 42.5 Å². The minimum absolute atomic E-state index is 0.0172. The Kier molecular flexibility index (Phi) is 6.18. The van der Waals surface area contributed by atoms with Crippen molar-refractivity contribution < 1.29 is 9.59 Å². The second-order valence-corrected chi connectivity index (χ2v) is 11.0. The first kappa shape index (κ1) is 23.6. The van der Waals surface area contributed by atoms with Crippen LogP contribution in [0.5, 0.6) is 0 Å². The van der Waals surface area contributed by atoms with E-state index < -0.39 is 11.6 Å². The lowest BCUT2D eigenvalue weighted by Gasteiger charge is -2.41. The highest BCUT2D eigenvalue weighted by Crippen LogP contribution is 2.44. The molecule has 2 unspecified atom stereocenters. The first-order valence-electron chi connectivity index (χ1n) is 12.7. The number of hydrogen-bond donors (Lipinski definition) is 3. The molecule has 0 aliphatic carbocycles. The van der Waals surface area contributed by atoms with Gasteiger partial charge in [0.2, 0.25) is 11.8 Å². The van der Waals surface area contributed by atoms with Crippen LogP contribution in [0.25, 0.3) is 10.9 Å². The van der Waals surface area contributed by atoms with Crippen LogP contribution in [0.2, 0.25) is 0 Å². The van der Waals surface area contributed by atoms with Gasteiger partial charge in [0.15, 0.2) is 0 Å². The number of H-pyrrole nitrogens is 1. The Morgan fingerprint density at radius 3 is 2.43 bits per heavy atom. The molecule has 3 aromatic rings. The Hall–Kier alpha value is -3.12. The van der Waals surface area contributed by atoms with E-state index in [2.05, 4.69) is 52.5 Å². The van der Waals surface area contributed by atoms with E-state index in [-0.39, 0.29) is 23.9 Å². The zero-order valence-corrected chi connectivity index (χ0v) is 20.9. The molecule has 2 fully saturated rings. The molecule has 0 saturated carbocycles. The maximum absolute atomic E-state index is 14.1. The van der Waals surface area contributed by atoms with E-state index in [0.717, 1.165) is 42.1 Å². The smallest absolute Gasteiger partial charge is 0.245 e.